The van der Waals surface area contributed by atoms with Crippen LogP contribution in [0.1, 0.15) is 20.3 Å². The van der Waals surface area contributed by atoms with E-state index in [1.807, 2.05) is 13.8 Å². The summed E-state index contributed by atoms with van der Waals surface area (Å²) in [6, 6.07) is 4.86. The molecule has 0 atom stereocenters. The number of hydrogen-bond acceptors (Lipinski definition) is 4. The van der Waals surface area contributed by atoms with E-state index >= 15 is 0 Å². The summed E-state index contributed by atoms with van der Waals surface area (Å²) in [5, 5.41) is 13.9. The van der Waals surface area contributed by atoms with Gasteiger partial charge < -0.3 is 10.1 Å². The number of anilines is 1. The van der Waals surface area contributed by atoms with Crippen molar-refractivity contribution in [3.8, 4) is 5.75 Å². The SMILES string of the molecule is CCCNc1ccc(OCC)cc1[N+](=O)[O-]. The molecule has 0 aliphatic carbocycles. The van der Waals surface area contributed by atoms with Crippen molar-refractivity contribution in [3.63, 3.8) is 0 Å². The van der Waals surface area contributed by atoms with Crippen molar-refractivity contribution in [2.24, 2.45) is 0 Å². The van der Waals surface area contributed by atoms with Crippen molar-refractivity contribution < 1.29 is 9.66 Å². The van der Waals surface area contributed by atoms with E-state index in [2.05, 4.69) is 5.32 Å². The van der Waals surface area contributed by atoms with E-state index in [0.717, 1.165) is 13.0 Å². The van der Waals surface area contributed by atoms with Gasteiger partial charge in [0.2, 0.25) is 0 Å². The zero-order chi connectivity index (χ0) is 12.0. The van der Waals surface area contributed by atoms with Crippen molar-refractivity contribution in [1.82, 2.24) is 0 Å². The Morgan fingerprint density at radius 3 is 2.75 bits per heavy atom. The fourth-order valence-corrected chi connectivity index (χ4v) is 1.33. The first-order valence-electron chi connectivity index (χ1n) is 5.34. The van der Waals surface area contributed by atoms with Crippen LogP contribution in [0.15, 0.2) is 18.2 Å². The number of nitro groups is 1. The Balaban J connectivity index is 2.94. The monoisotopic (exact) mass is 224 g/mol. The molecular weight excluding hydrogens is 208 g/mol. The number of nitro benzene ring substituents is 1. The molecule has 0 saturated carbocycles. The molecule has 0 amide bonds. The van der Waals surface area contributed by atoms with E-state index in [-0.39, 0.29) is 5.69 Å². The Hall–Kier alpha value is -1.78. The third-order valence-electron chi connectivity index (χ3n) is 2.04. The maximum atomic E-state index is 10.9. The fourth-order valence-electron chi connectivity index (χ4n) is 1.33. The van der Waals surface area contributed by atoms with Crippen LogP contribution >= 0.6 is 0 Å². The molecule has 88 valence electrons. The summed E-state index contributed by atoms with van der Waals surface area (Å²) in [6.07, 6.45) is 0.921. The van der Waals surface area contributed by atoms with Crippen molar-refractivity contribution in [2.75, 3.05) is 18.5 Å². The van der Waals surface area contributed by atoms with Crippen LogP contribution in [0.5, 0.6) is 5.75 Å². The Kier molecular flexibility index (Phi) is 4.57. The third-order valence-corrected chi connectivity index (χ3v) is 2.04. The number of rotatable bonds is 6. The van der Waals surface area contributed by atoms with Gasteiger partial charge in [-0.2, -0.15) is 0 Å². The van der Waals surface area contributed by atoms with Gasteiger partial charge in [0.15, 0.2) is 0 Å². The number of nitrogens with zero attached hydrogens (tertiary/aromatic N) is 1. The highest BCUT2D eigenvalue weighted by atomic mass is 16.6. The molecule has 1 aromatic carbocycles. The summed E-state index contributed by atoms with van der Waals surface area (Å²) in [6.45, 7) is 5.07. The Morgan fingerprint density at radius 1 is 1.44 bits per heavy atom. The zero-order valence-electron chi connectivity index (χ0n) is 9.53. The average molecular weight is 224 g/mol. The average Bonchev–Trinajstić information content (AvgIpc) is 2.27. The van der Waals surface area contributed by atoms with E-state index in [0.29, 0.717) is 18.0 Å². The van der Waals surface area contributed by atoms with E-state index in [1.165, 1.54) is 6.07 Å². The lowest BCUT2D eigenvalue weighted by Crippen LogP contribution is -2.03. The molecule has 1 N–H and O–H groups in total. The highest BCUT2D eigenvalue weighted by Gasteiger charge is 2.14. The Bertz CT molecular complexity index is 366. The van der Waals surface area contributed by atoms with Crippen molar-refractivity contribution in [3.05, 3.63) is 28.3 Å². The second-order valence-electron chi connectivity index (χ2n) is 3.30. The summed E-state index contributed by atoms with van der Waals surface area (Å²) in [5.74, 6) is 0.524. The highest BCUT2D eigenvalue weighted by molar-refractivity contribution is 5.63. The maximum absolute atomic E-state index is 10.9. The van der Waals surface area contributed by atoms with Crippen LogP contribution in [0.3, 0.4) is 0 Å². The summed E-state index contributed by atoms with van der Waals surface area (Å²) in [4.78, 5) is 10.4. The molecule has 16 heavy (non-hydrogen) atoms. The molecule has 1 aromatic rings. The smallest absolute Gasteiger partial charge is 0.296 e. The third kappa shape index (κ3) is 3.12. The molecule has 0 aliphatic rings. The van der Waals surface area contributed by atoms with Crippen LogP contribution in [0.4, 0.5) is 11.4 Å². The molecule has 0 fully saturated rings. The largest absolute Gasteiger partial charge is 0.494 e. The molecule has 0 unspecified atom stereocenters. The fraction of sp³-hybridized carbons (Fsp3) is 0.455. The lowest BCUT2D eigenvalue weighted by molar-refractivity contribution is -0.384. The van der Waals surface area contributed by atoms with Gasteiger partial charge in [-0.1, -0.05) is 6.92 Å². The van der Waals surface area contributed by atoms with Crippen LogP contribution in [-0.2, 0) is 0 Å². The number of nitrogens with one attached hydrogen (secondary N) is 1. The predicted molar refractivity (Wildman–Crippen MR) is 63.0 cm³/mol. The van der Waals surface area contributed by atoms with E-state index in [1.54, 1.807) is 12.1 Å². The first kappa shape index (κ1) is 12.3. The molecule has 5 heteroatoms. The van der Waals surface area contributed by atoms with Crippen LogP contribution < -0.4 is 10.1 Å². The Morgan fingerprint density at radius 2 is 2.19 bits per heavy atom. The van der Waals surface area contributed by atoms with E-state index in [9.17, 15) is 10.1 Å². The van der Waals surface area contributed by atoms with Crippen LogP contribution in [0.2, 0.25) is 0 Å². The van der Waals surface area contributed by atoms with Crippen molar-refractivity contribution in [1.29, 1.82) is 0 Å². The number of ether oxygens (including phenoxy) is 1. The number of benzene rings is 1. The van der Waals surface area contributed by atoms with Crippen molar-refractivity contribution >= 4 is 11.4 Å². The molecule has 0 heterocycles. The second kappa shape index (κ2) is 5.95. The van der Waals surface area contributed by atoms with Gasteiger partial charge in [-0.15, -0.1) is 0 Å². The van der Waals surface area contributed by atoms with Gasteiger partial charge in [0.05, 0.1) is 17.6 Å². The molecule has 0 spiro atoms. The summed E-state index contributed by atoms with van der Waals surface area (Å²) >= 11 is 0. The standard InChI is InChI=1S/C11H16N2O3/c1-3-7-12-10-6-5-9(16-4-2)8-11(10)13(14)15/h5-6,8,12H,3-4,7H2,1-2H3. The zero-order valence-corrected chi connectivity index (χ0v) is 9.53. The summed E-state index contributed by atoms with van der Waals surface area (Å²) < 4.78 is 5.22. The molecule has 1 rings (SSSR count). The molecule has 0 saturated heterocycles. The minimum absolute atomic E-state index is 0.0550. The van der Waals surface area contributed by atoms with Gasteiger partial charge in [-0.25, -0.2) is 0 Å². The molecular formula is C11H16N2O3. The first-order chi connectivity index (χ1) is 7.69. The minimum atomic E-state index is -0.402. The second-order valence-corrected chi connectivity index (χ2v) is 3.30. The predicted octanol–water partition coefficient (Wildman–Crippen LogP) is 2.82. The van der Waals surface area contributed by atoms with E-state index < -0.39 is 4.92 Å². The van der Waals surface area contributed by atoms with Crippen LogP contribution in [0, 0.1) is 10.1 Å². The quantitative estimate of drug-likeness (QED) is 0.596. The highest BCUT2D eigenvalue weighted by Crippen LogP contribution is 2.28. The number of hydrogen-bond donors (Lipinski definition) is 1. The molecule has 0 bridgehead atoms. The van der Waals surface area contributed by atoms with Crippen LogP contribution in [0.25, 0.3) is 0 Å². The summed E-state index contributed by atoms with van der Waals surface area (Å²) in [7, 11) is 0. The van der Waals surface area contributed by atoms with Gasteiger partial charge in [0.25, 0.3) is 5.69 Å². The van der Waals surface area contributed by atoms with Gasteiger partial charge in [0.1, 0.15) is 11.4 Å². The lowest BCUT2D eigenvalue weighted by Gasteiger charge is -2.08. The first-order valence-corrected chi connectivity index (χ1v) is 5.34. The topological polar surface area (TPSA) is 64.4 Å². The normalized spacial score (nSPS) is 9.88. The van der Waals surface area contributed by atoms with Gasteiger partial charge in [-0.05, 0) is 25.5 Å². The Labute approximate surface area is 94.6 Å². The molecule has 5 nitrogen and oxygen atoms in total. The maximum Gasteiger partial charge on any atom is 0.296 e. The van der Waals surface area contributed by atoms with Gasteiger partial charge in [0, 0.05) is 6.54 Å². The molecule has 0 aromatic heterocycles. The minimum Gasteiger partial charge on any atom is -0.494 e. The molecule has 0 aliphatic heterocycles. The van der Waals surface area contributed by atoms with Gasteiger partial charge >= 0.3 is 0 Å². The lowest BCUT2D eigenvalue weighted by atomic mass is 10.2. The molecule has 0 radical (unpaired) electrons. The van der Waals surface area contributed by atoms with Gasteiger partial charge in [-0.3, -0.25) is 10.1 Å². The van der Waals surface area contributed by atoms with E-state index in [4.69, 9.17) is 4.74 Å². The van der Waals surface area contributed by atoms with Crippen LogP contribution in [-0.4, -0.2) is 18.1 Å². The van der Waals surface area contributed by atoms with Crippen molar-refractivity contribution in [2.45, 2.75) is 20.3 Å². The summed E-state index contributed by atoms with van der Waals surface area (Å²) in [5.41, 5.74) is 0.592.